The van der Waals surface area contributed by atoms with Gasteiger partial charge in [0.15, 0.2) is 5.60 Å². The lowest BCUT2D eigenvalue weighted by molar-refractivity contribution is -0.170. The molecule has 1 aromatic heterocycles. The number of rotatable bonds is 5. The second-order valence-corrected chi connectivity index (χ2v) is 3.27. The normalized spacial score (nSPS) is 10.1. The molecule has 0 fully saturated rings. The standard InChI is InChI=1S/C6H8O7.C4H4O/c7-3(8)1-6(13,5(11)12)2-4(9)10;1-2-4-5-3-1/h13H,1-2H2,(H,7,8)(H,9,10)(H,11,12);1-4H. The Morgan fingerprint density at radius 3 is 1.50 bits per heavy atom. The highest BCUT2D eigenvalue weighted by Gasteiger charge is 2.40. The second-order valence-electron chi connectivity index (χ2n) is 3.27. The first-order chi connectivity index (χ1) is 8.28. The highest BCUT2D eigenvalue weighted by molar-refractivity contribution is 5.88. The molecule has 1 heterocycles. The van der Waals surface area contributed by atoms with Gasteiger partial charge in [-0.2, -0.15) is 0 Å². The van der Waals surface area contributed by atoms with Gasteiger partial charge in [0, 0.05) is 0 Å². The molecule has 0 radical (unpaired) electrons. The monoisotopic (exact) mass is 260 g/mol. The molecule has 1 aromatic rings. The molecule has 0 saturated carbocycles. The Balaban J connectivity index is 0.000000473. The summed E-state index contributed by atoms with van der Waals surface area (Å²) in [6, 6.07) is 3.67. The average Bonchev–Trinajstić information content (AvgIpc) is 2.71. The Kier molecular flexibility index (Phi) is 6.15. The predicted molar refractivity (Wildman–Crippen MR) is 55.8 cm³/mol. The summed E-state index contributed by atoms with van der Waals surface area (Å²) in [5.74, 6) is -5.02. The zero-order valence-electron chi connectivity index (χ0n) is 9.15. The van der Waals surface area contributed by atoms with Gasteiger partial charge in [-0.3, -0.25) is 9.59 Å². The Morgan fingerprint density at radius 1 is 0.944 bits per heavy atom. The average molecular weight is 260 g/mol. The first-order valence-electron chi connectivity index (χ1n) is 4.64. The van der Waals surface area contributed by atoms with E-state index in [1.807, 2.05) is 12.1 Å². The maximum atomic E-state index is 10.3. The topological polar surface area (TPSA) is 145 Å². The van der Waals surface area contributed by atoms with Gasteiger partial charge in [0.25, 0.3) is 0 Å². The van der Waals surface area contributed by atoms with Crippen LogP contribution in [0.1, 0.15) is 12.8 Å². The van der Waals surface area contributed by atoms with Gasteiger partial charge in [-0.1, -0.05) is 0 Å². The number of hydrogen-bond donors (Lipinski definition) is 4. The Hall–Kier alpha value is -2.35. The third kappa shape index (κ3) is 6.28. The lowest BCUT2D eigenvalue weighted by atomic mass is 9.96. The molecule has 0 aliphatic rings. The maximum absolute atomic E-state index is 10.3. The summed E-state index contributed by atoms with van der Waals surface area (Å²) in [5, 5.41) is 33.8. The molecule has 0 aromatic carbocycles. The van der Waals surface area contributed by atoms with Crippen LogP contribution in [0.2, 0.25) is 0 Å². The predicted octanol–water partition coefficient (Wildman–Crippen LogP) is 0.0311. The van der Waals surface area contributed by atoms with Crippen LogP contribution in [0.3, 0.4) is 0 Å². The molecule has 8 heteroatoms. The molecule has 18 heavy (non-hydrogen) atoms. The number of aliphatic carboxylic acids is 3. The van der Waals surface area contributed by atoms with E-state index in [4.69, 9.17) is 20.4 Å². The molecule has 0 aliphatic carbocycles. The van der Waals surface area contributed by atoms with Gasteiger partial charge < -0.3 is 24.8 Å². The van der Waals surface area contributed by atoms with Crippen LogP contribution >= 0.6 is 0 Å². The van der Waals surface area contributed by atoms with Crippen LogP contribution in [-0.2, 0) is 14.4 Å². The SMILES string of the molecule is O=C(O)CC(O)(CC(=O)O)C(=O)O.c1ccoc1. The van der Waals surface area contributed by atoms with E-state index in [2.05, 4.69) is 4.42 Å². The van der Waals surface area contributed by atoms with E-state index in [1.165, 1.54) is 0 Å². The van der Waals surface area contributed by atoms with E-state index in [0.29, 0.717) is 0 Å². The minimum atomic E-state index is -2.74. The molecular weight excluding hydrogens is 248 g/mol. The van der Waals surface area contributed by atoms with Gasteiger partial charge in [0.2, 0.25) is 0 Å². The zero-order chi connectivity index (χ0) is 14.2. The quantitative estimate of drug-likeness (QED) is 0.580. The molecule has 0 saturated heterocycles. The fraction of sp³-hybridized carbons (Fsp3) is 0.300. The van der Waals surface area contributed by atoms with Crippen LogP contribution in [0.15, 0.2) is 29.1 Å². The van der Waals surface area contributed by atoms with E-state index in [9.17, 15) is 14.4 Å². The first kappa shape index (κ1) is 15.7. The maximum Gasteiger partial charge on any atom is 0.336 e. The van der Waals surface area contributed by atoms with Crippen LogP contribution < -0.4 is 0 Å². The van der Waals surface area contributed by atoms with Crippen molar-refractivity contribution in [3.63, 3.8) is 0 Å². The van der Waals surface area contributed by atoms with Crippen LogP contribution in [0.5, 0.6) is 0 Å². The number of carbonyl (C=O) groups is 3. The van der Waals surface area contributed by atoms with Crippen LogP contribution in [0.4, 0.5) is 0 Å². The van der Waals surface area contributed by atoms with Crippen molar-refractivity contribution >= 4 is 17.9 Å². The van der Waals surface area contributed by atoms with Crippen molar-refractivity contribution in [3.8, 4) is 0 Å². The third-order valence-electron chi connectivity index (χ3n) is 1.71. The summed E-state index contributed by atoms with van der Waals surface area (Å²) in [7, 11) is 0. The van der Waals surface area contributed by atoms with Crippen LogP contribution in [-0.4, -0.2) is 43.9 Å². The smallest absolute Gasteiger partial charge is 0.336 e. The van der Waals surface area contributed by atoms with Gasteiger partial charge in [0.1, 0.15) is 0 Å². The number of carboxylic acids is 3. The summed E-state index contributed by atoms with van der Waals surface area (Å²) in [6.45, 7) is 0. The Bertz CT molecular complexity index is 361. The third-order valence-corrected chi connectivity index (χ3v) is 1.71. The molecule has 0 aliphatic heterocycles. The molecule has 4 N–H and O–H groups in total. The summed E-state index contributed by atoms with van der Waals surface area (Å²) in [5.41, 5.74) is -2.74. The number of aliphatic hydroxyl groups is 1. The molecule has 8 nitrogen and oxygen atoms in total. The lowest BCUT2D eigenvalue weighted by Gasteiger charge is -2.18. The molecule has 0 amide bonds. The van der Waals surface area contributed by atoms with Gasteiger partial charge in [-0.25, -0.2) is 4.79 Å². The van der Waals surface area contributed by atoms with Gasteiger partial charge in [0.05, 0.1) is 25.4 Å². The van der Waals surface area contributed by atoms with Crippen molar-refractivity contribution < 1.29 is 39.2 Å². The molecule has 1 rings (SSSR count). The molecule has 0 atom stereocenters. The molecule has 0 unspecified atom stereocenters. The van der Waals surface area contributed by atoms with Gasteiger partial charge in [-0.15, -0.1) is 0 Å². The fourth-order valence-electron chi connectivity index (χ4n) is 0.941. The van der Waals surface area contributed by atoms with Gasteiger partial charge >= 0.3 is 17.9 Å². The summed E-state index contributed by atoms with van der Waals surface area (Å²) < 4.78 is 4.58. The van der Waals surface area contributed by atoms with Crippen molar-refractivity contribution in [2.75, 3.05) is 0 Å². The van der Waals surface area contributed by atoms with Crippen molar-refractivity contribution in [2.45, 2.75) is 18.4 Å². The number of hydrogen-bond acceptors (Lipinski definition) is 5. The summed E-state index contributed by atoms with van der Waals surface area (Å²) in [4.78, 5) is 30.5. The summed E-state index contributed by atoms with van der Waals surface area (Å²) in [6.07, 6.45) is 0.962. The molecular formula is C10H12O8. The van der Waals surface area contributed by atoms with Crippen molar-refractivity contribution in [1.82, 2.24) is 0 Å². The second kappa shape index (κ2) is 7.07. The van der Waals surface area contributed by atoms with E-state index in [1.54, 1.807) is 12.5 Å². The zero-order valence-corrected chi connectivity index (χ0v) is 9.15. The van der Waals surface area contributed by atoms with E-state index in [-0.39, 0.29) is 0 Å². The minimum Gasteiger partial charge on any atom is -0.481 e. The Morgan fingerprint density at radius 2 is 1.33 bits per heavy atom. The van der Waals surface area contributed by atoms with Crippen molar-refractivity contribution in [3.05, 3.63) is 24.7 Å². The van der Waals surface area contributed by atoms with Crippen molar-refractivity contribution in [1.29, 1.82) is 0 Å². The molecule has 100 valence electrons. The molecule has 0 spiro atoms. The number of furan rings is 1. The van der Waals surface area contributed by atoms with E-state index < -0.39 is 36.4 Å². The van der Waals surface area contributed by atoms with Crippen LogP contribution in [0.25, 0.3) is 0 Å². The largest absolute Gasteiger partial charge is 0.481 e. The minimum absolute atomic E-state index is 1.14. The van der Waals surface area contributed by atoms with Crippen LogP contribution in [0, 0.1) is 0 Å². The summed E-state index contributed by atoms with van der Waals surface area (Å²) >= 11 is 0. The van der Waals surface area contributed by atoms with E-state index in [0.717, 1.165) is 0 Å². The fourth-order valence-corrected chi connectivity index (χ4v) is 0.941. The van der Waals surface area contributed by atoms with Crippen molar-refractivity contribution in [2.24, 2.45) is 0 Å². The first-order valence-corrected chi connectivity index (χ1v) is 4.64. The molecule has 0 bridgehead atoms. The highest BCUT2D eigenvalue weighted by Crippen LogP contribution is 2.15. The highest BCUT2D eigenvalue weighted by atomic mass is 16.4. The Labute approximate surface area is 101 Å². The lowest BCUT2D eigenvalue weighted by Crippen LogP contribution is -2.42. The van der Waals surface area contributed by atoms with E-state index >= 15 is 0 Å². The number of carboxylic acid groups (broad SMARTS) is 3. The van der Waals surface area contributed by atoms with Gasteiger partial charge in [-0.05, 0) is 12.1 Å².